The van der Waals surface area contributed by atoms with Crippen molar-refractivity contribution in [2.45, 2.75) is 26.6 Å². The van der Waals surface area contributed by atoms with Crippen molar-refractivity contribution < 1.29 is 18.9 Å². The van der Waals surface area contributed by atoms with E-state index in [0.29, 0.717) is 19.1 Å². The first-order valence-corrected chi connectivity index (χ1v) is 7.15. The predicted octanol–water partition coefficient (Wildman–Crippen LogP) is 2.49. The molecule has 1 aliphatic rings. The van der Waals surface area contributed by atoms with Gasteiger partial charge in [0.25, 0.3) is 0 Å². The van der Waals surface area contributed by atoms with Crippen LogP contribution < -0.4 is 14.2 Å². The molecule has 0 aliphatic carbocycles. The van der Waals surface area contributed by atoms with Crippen LogP contribution in [0.4, 0.5) is 0 Å². The molecule has 1 aromatic carbocycles. The van der Waals surface area contributed by atoms with Gasteiger partial charge < -0.3 is 18.9 Å². The molecule has 0 bridgehead atoms. The number of rotatable bonds is 6. The van der Waals surface area contributed by atoms with E-state index in [1.165, 1.54) is 0 Å². The third kappa shape index (κ3) is 3.28. The standard InChI is InChI=1S/C16H18N2O4/c1-3-15-17-12(9-19-2)7-16(18-15)20-8-11-4-5-13-14(6-11)22-10-21-13/h4-7H,3,8-10H2,1-2H3. The van der Waals surface area contributed by atoms with E-state index in [-0.39, 0.29) is 6.79 Å². The van der Waals surface area contributed by atoms with Crippen LogP contribution in [0.25, 0.3) is 0 Å². The van der Waals surface area contributed by atoms with E-state index >= 15 is 0 Å². The van der Waals surface area contributed by atoms with Gasteiger partial charge in [0.05, 0.1) is 12.3 Å². The summed E-state index contributed by atoms with van der Waals surface area (Å²) in [4.78, 5) is 8.77. The van der Waals surface area contributed by atoms with Crippen LogP contribution in [-0.2, 0) is 24.4 Å². The monoisotopic (exact) mass is 302 g/mol. The average Bonchev–Trinajstić information content (AvgIpc) is 3.00. The Bertz CT molecular complexity index is 661. The first kappa shape index (κ1) is 14.6. The number of nitrogens with zero attached hydrogens (tertiary/aromatic N) is 2. The number of aryl methyl sites for hydroxylation is 1. The highest BCUT2D eigenvalue weighted by atomic mass is 16.7. The minimum atomic E-state index is 0.270. The summed E-state index contributed by atoms with van der Waals surface area (Å²) in [6, 6.07) is 7.55. The van der Waals surface area contributed by atoms with Crippen LogP contribution in [0.15, 0.2) is 24.3 Å². The number of aromatic nitrogens is 2. The zero-order valence-electron chi connectivity index (χ0n) is 12.7. The molecule has 0 amide bonds. The number of fused-ring (bicyclic) bond motifs is 1. The molecular weight excluding hydrogens is 284 g/mol. The summed E-state index contributed by atoms with van der Waals surface area (Å²) in [5.41, 5.74) is 1.81. The molecule has 0 saturated heterocycles. The molecule has 2 aromatic rings. The second-order valence-electron chi connectivity index (χ2n) is 4.88. The van der Waals surface area contributed by atoms with Crippen molar-refractivity contribution in [1.29, 1.82) is 0 Å². The van der Waals surface area contributed by atoms with Crippen molar-refractivity contribution in [3.63, 3.8) is 0 Å². The van der Waals surface area contributed by atoms with E-state index in [2.05, 4.69) is 9.97 Å². The van der Waals surface area contributed by atoms with Gasteiger partial charge in [0.2, 0.25) is 12.7 Å². The molecule has 6 heteroatoms. The number of ether oxygens (including phenoxy) is 4. The highest BCUT2D eigenvalue weighted by Crippen LogP contribution is 2.32. The highest BCUT2D eigenvalue weighted by Gasteiger charge is 2.13. The van der Waals surface area contributed by atoms with Gasteiger partial charge in [-0.1, -0.05) is 13.0 Å². The Hall–Kier alpha value is -2.34. The van der Waals surface area contributed by atoms with Crippen molar-refractivity contribution >= 4 is 0 Å². The lowest BCUT2D eigenvalue weighted by Gasteiger charge is -2.09. The van der Waals surface area contributed by atoms with Crippen molar-refractivity contribution in [3.05, 3.63) is 41.3 Å². The number of benzene rings is 1. The zero-order chi connectivity index (χ0) is 15.4. The number of methoxy groups -OCH3 is 1. The predicted molar refractivity (Wildman–Crippen MR) is 79.0 cm³/mol. The molecule has 0 saturated carbocycles. The van der Waals surface area contributed by atoms with Crippen molar-refractivity contribution in [2.75, 3.05) is 13.9 Å². The van der Waals surface area contributed by atoms with Crippen LogP contribution in [0.1, 0.15) is 24.0 Å². The van der Waals surface area contributed by atoms with Gasteiger partial charge >= 0.3 is 0 Å². The fraction of sp³-hybridized carbons (Fsp3) is 0.375. The molecule has 0 radical (unpaired) electrons. The number of hydrogen-bond acceptors (Lipinski definition) is 6. The maximum absolute atomic E-state index is 5.78. The van der Waals surface area contributed by atoms with E-state index in [4.69, 9.17) is 18.9 Å². The topological polar surface area (TPSA) is 62.7 Å². The maximum Gasteiger partial charge on any atom is 0.231 e. The molecule has 2 heterocycles. The van der Waals surface area contributed by atoms with Crippen LogP contribution in [0, 0.1) is 0 Å². The zero-order valence-corrected chi connectivity index (χ0v) is 12.7. The lowest BCUT2D eigenvalue weighted by Crippen LogP contribution is -2.04. The van der Waals surface area contributed by atoms with Gasteiger partial charge in [0, 0.05) is 19.6 Å². The van der Waals surface area contributed by atoms with Crippen LogP contribution in [0.3, 0.4) is 0 Å². The van der Waals surface area contributed by atoms with Crippen LogP contribution >= 0.6 is 0 Å². The van der Waals surface area contributed by atoms with Crippen molar-refractivity contribution in [1.82, 2.24) is 9.97 Å². The molecule has 6 nitrogen and oxygen atoms in total. The van der Waals surface area contributed by atoms with E-state index in [1.807, 2.05) is 25.1 Å². The van der Waals surface area contributed by atoms with E-state index in [1.54, 1.807) is 13.2 Å². The van der Waals surface area contributed by atoms with Crippen molar-refractivity contribution in [3.8, 4) is 17.4 Å². The molecule has 116 valence electrons. The fourth-order valence-corrected chi connectivity index (χ4v) is 2.17. The summed E-state index contributed by atoms with van der Waals surface area (Å²) in [6.45, 7) is 3.12. The molecule has 0 fully saturated rings. The smallest absolute Gasteiger partial charge is 0.231 e. The Balaban J connectivity index is 1.71. The fourth-order valence-electron chi connectivity index (χ4n) is 2.17. The largest absolute Gasteiger partial charge is 0.473 e. The molecule has 0 spiro atoms. The summed E-state index contributed by atoms with van der Waals surface area (Å²) in [7, 11) is 1.64. The Kier molecular flexibility index (Phi) is 4.39. The first-order valence-electron chi connectivity index (χ1n) is 7.15. The summed E-state index contributed by atoms with van der Waals surface area (Å²) < 4.78 is 21.5. The molecule has 22 heavy (non-hydrogen) atoms. The summed E-state index contributed by atoms with van der Waals surface area (Å²) in [6.07, 6.45) is 0.748. The third-order valence-corrected chi connectivity index (χ3v) is 3.23. The van der Waals surface area contributed by atoms with Gasteiger partial charge in [-0.3, -0.25) is 0 Å². The van der Waals surface area contributed by atoms with E-state index < -0.39 is 0 Å². The van der Waals surface area contributed by atoms with E-state index in [0.717, 1.165) is 35.0 Å². The SMILES string of the molecule is CCc1nc(COC)cc(OCc2ccc3c(c2)OCO3)n1. The molecular formula is C16H18N2O4. The maximum atomic E-state index is 5.78. The Morgan fingerprint density at radius 2 is 1.95 bits per heavy atom. The minimum absolute atomic E-state index is 0.270. The summed E-state index contributed by atoms with van der Waals surface area (Å²) in [5.74, 6) is 2.81. The van der Waals surface area contributed by atoms with Gasteiger partial charge in [0.15, 0.2) is 11.5 Å². The lowest BCUT2D eigenvalue weighted by molar-refractivity contribution is 0.174. The normalized spacial score (nSPS) is 12.5. The van der Waals surface area contributed by atoms with E-state index in [9.17, 15) is 0 Å². The molecule has 0 unspecified atom stereocenters. The Morgan fingerprint density at radius 1 is 1.09 bits per heavy atom. The number of hydrogen-bond donors (Lipinski definition) is 0. The average molecular weight is 302 g/mol. The van der Waals surface area contributed by atoms with Gasteiger partial charge in [-0.05, 0) is 17.7 Å². The second kappa shape index (κ2) is 6.62. The van der Waals surface area contributed by atoms with Gasteiger partial charge in [0.1, 0.15) is 12.4 Å². The van der Waals surface area contributed by atoms with Gasteiger partial charge in [-0.2, -0.15) is 4.98 Å². The Morgan fingerprint density at radius 3 is 2.77 bits per heavy atom. The Labute approximate surface area is 129 Å². The first-order chi connectivity index (χ1) is 10.8. The summed E-state index contributed by atoms with van der Waals surface area (Å²) >= 11 is 0. The molecule has 1 aliphatic heterocycles. The molecule has 3 rings (SSSR count). The van der Waals surface area contributed by atoms with Gasteiger partial charge in [-0.15, -0.1) is 0 Å². The molecule has 0 atom stereocenters. The van der Waals surface area contributed by atoms with Crippen LogP contribution in [0.5, 0.6) is 17.4 Å². The molecule has 1 aromatic heterocycles. The second-order valence-corrected chi connectivity index (χ2v) is 4.88. The van der Waals surface area contributed by atoms with Crippen LogP contribution in [0.2, 0.25) is 0 Å². The quantitative estimate of drug-likeness (QED) is 0.817. The summed E-state index contributed by atoms with van der Waals surface area (Å²) in [5, 5.41) is 0. The van der Waals surface area contributed by atoms with Crippen LogP contribution in [-0.4, -0.2) is 23.9 Å². The third-order valence-electron chi connectivity index (χ3n) is 3.23. The molecule has 0 N–H and O–H groups in total. The highest BCUT2D eigenvalue weighted by molar-refractivity contribution is 5.44. The lowest BCUT2D eigenvalue weighted by atomic mass is 10.2. The minimum Gasteiger partial charge on any atom is -0.473 e. The van der Waals surface area contributed by atoms with Gasteiger partial charge in [-0.25, -0.2) is 4.98 Å². The van der Waals surface area contributed by atoms with Crippen molar-refractivity contribution in [2.24, 2.45) is 0 Å².